The van der Waals surface area contributed by atoms with Crippen molar-refractivity contribution in [1.29, 1.82) is 0 Å². The van der Waals surface area contributed by atoms with Crippen LogP contribution < -0.4 is 15.8 Å². The van der Waals surface area contributed by atoms with E-state index in [4.69, 9.17) is 10.5 Å². The second kappa shape index (κ2) is 7.00. The van der Waals surface area contributed by atoms with Gasteiger partial charge in [0.05, 0.1) is 6.61 Å². The summed E-state index contributed by atoms with van der Waals surface area (Å²) in [4.78, 5) is 17.0. The van der Waals surface area contributed by atoms with Crippen LogP contribution in [-0.2, 0) is 0 Å². The van der Waals surface area contributed by atoms with E-state index in [-0.39, 0.29) is 5.91 Å². The lowest BCUT2D eigenvalue weighted by atomic mass is 10.1. The zero-order valence-electron chi connectivity index (χ0n) is 13.5. The summed E-state index contributed by atoms with van der Waals surface area (Å²) in [5.41, 5.74) is 8.25. The van der Waals surface area contributed by atoms with Gasteiger partial charge in [0, 0.05) is 28.5 Å². The number of nitrogen functional groups attached to an aromatic ring is 1. The molecule has 0 spiro atoms. The molecular formula is C19H19N3O2. The van der Waals surface area contributed by atoms with Crippen molar-refractivity contribution in [3.63, 3.8) is 0 Å². The Hall–Kier alpha value is -3.08. The van der Waals surface area contributed by atoms with E-state index >= 15 is 0 Å². The summed E-state index contributed by atoms with van der Waals surface area (Å²) in [6, 6.07) is 14.3. The number of hydrogen-bond acceptors (Lipinski definition) is 4. The summed E-state index contributed by atoms with van der Waals surface area (Å²) in [6.45, 7) is 2.66. The van der Waals surface area contributed by atoms with Crippen LogP contribution in [-0.4, -0.2) is 17.5 Å². The average Bonchev–Trinajstić information content (AvgIpc) is 2.61. The lowest BCUT2D eigenvalue weighted by Gasteiger charge is -2.12. The van der Waals surface area contributed by atoms with Gasteiger partial charge in [-0.25, -0.2) is 0 Å². The second-order valence-electron chi connectivity index (χ2n) is 5.44. The number of pyridine rings is 1. The molecule has 1 heterocycles. The van der Waals surface area contributed by atoms with Crippen LogP contribution in [0.2, 0.25) is 0 Å². The Labute approximate surface area is 140 Å². The smallest absolute Gasteiger partial charge is 0.256 e. The molecule has 3 rings (SSSR count). The Morgan fingerprint density at radius 3 is 2.71 bits per heavy atom. The highest BCUT2D eigenvalue weighted by molar-refractivity contribution is 6.13. The number of aromatic nitrogens is 1. The minimum atomic E-state index is -0.195. The van der Waals surface area contributed by atoms with Gasteiger partial charge in [0.2, 0.25) is 0 Å². The highest BCUT2D eigenvalue weighted by Gasteiger charge is 2.14. The number of hydrogen-bond donors (Lipinski definition) is 2. The van der Waals surface area contributed by atoms with Gasteiger partial charge in [-0.05, 0) is 48.9 Å². The number of amides is 1. The molecular weight excluding hydrogens is 302 g/mol. The molecule has 5 heteroatoms. The summed E-state index contributed by atoms with van der Waals surface area (Å²) >= 11 is 0. The molecule has 0 atom stereocenters. The van der Waals surface area contributed by atoms with E-state index in [0.717, 1.165) is 11.8 Å². The number of carbonyl (C=O) groups is 1. The fourth-order valence-corrected chi connectivity index (χ4v) is 2.44. The van der Waals surface area contributed by atoms with Crippen LogP contribution in [0.4, 0.5) is 11.4 Å². The van der Waals surface area contributed by atoms with Crippen molar-refractivity contribution in [1.82, 2.24) is 4.98 Å². The predicted molar refractivity (Wildman–Crippen MR) is 96.3 cm³/mol. The molecule has 122 valence electrons. The first kappa shape index (κ1) is 15.8. The van der Waals surface area contributed by atoms with E-state index in [0.29, 0.717) is 34.8 Å². The number of nitrogens with one attached hydrogen (secondary N) is 1. The zero-order chi connectivity index (χ0) is 16.9. The number of nitrogens with two attached hydrogens (primary N) is 1. The summed E-state index contributed by atoms with van der Waals surface area (Å²) in [5, 5.41) is 3.64. The van der Waals surface area contributed by atoms with Gasteiger partial charge in [-0.1, -0.05) is 13.0 Å². The Balaban J connectivity index is 1.94. The SMILES string of the molecule is CCCOc1ccc(C(=O)Nc2ccc(N)cc2)c2cccnc12. The molecule has 5 nitrogen and oxygen atoms in total. The molecule has 0 aliphatic heterocycles. The largest absolute Gasteiger partial charge is 0.491 e. The maximum absolute atomic E-state index is 12.6. The normalized spacial score (nSPS) is 10.5. The lowest BCUT2D eigenvalue weighted by molar-refractivity contribution is 0.102. The van der Waals surface area contributed by atoms with Crippen LogP contribution in [0.5, 0.6) is 5.75 Å². The maximum atomic E-state index is 12.6. The second-order valence-corrected chi connectivity index (χ2v) is 5.44. The number of rotatable bonds is 5. The predicted octanol–water partition coefficient (Wildman–Crippen LogP) is 3.86. The monoisotopic (exact) mass is 321 g/mol. The minimum absolute atomic E-state index is 0.195. The van der Waals surface area contributed by atoms with Gasteiger partial charge in [0.25, 0.3) is 5.91 Å². The van der Waals surface area contributed by atoms with Crippen molar-refractivity contribution in [2.75, 3.05) is 17.7 Å². The average molecular weight is 321 g/mol. The molecule has 0 unspecified atom stereocenters. The van der Waals surface area contributed by atoms with E-state index in [2.05, 4.69) is 10.3 Å². The minimum Gasteiger partial charge on any atom is -0.491 e. The van der Waals surface area contributed by atoms with Crippen molar-refractivity contribution < 1.29 is 9.53 Å². The summed E-state index contributed by atoms with van der Waals surface area (Å²) in [5.74, 6) is 0.497. The molecule has 0 bridgehead atoms. The van der Waals surface area contributed by atoms with E-state index in [1.807, 2.05) is 19.1 Å². The molecule has 1 aromatic heterocycles. The Kier molecular flexibility index (Phi) is 4.61. The van der Waals surface area contributed by atoms with Gasteiger partial charge >= 0.3 is 0 Å². The molecule has 24 heavy (non-hydrogen) atoms. The molecule has 0 radical (unpaired) electrons. The molecule has 3 N–H and O–H groups in total. The van der Waals surface area contributed by atoms with Crippen molar-refractivity contribution in [2.45, 2.75) is 13.3 Å². The third-order valence-electron chi connectivity index (χ3n) is 3.61. The molecule has 1 amide bonds. The molecule has 0 fully saturated rings. The summed E-state index contributed by atoms with van der Waals surface area (Å²) < 4.78 is 5.73. The standard InChI is InChI=1S/C19H19N3O2/c1-2-12-24-17-10-9-16(15-4-3-11-21-18(15)17)19(23)22-14-7-5-13(20)6-8-14/h3-11H,2,12,20H2,1H3,(H,22,23). The van der Waals surface area contributed by atoms with Crippen molar-refractivity contribution in [2.24, 2.45) is 0 Å². The van der Waals surface area contributed by atoms with Crippen molar-refractivity contribution >= 4 is 28.2 Å². The third-order valence-corrected chi connectivity index (χ3v) is 3.61. The van der Waals surface area contributed by atoms with Gasteiger partial charge in [0.15, 0.2) is 0 Å². The Bertz CT molecular complexity index is 860. The number of carbonyl (C=O) groups excluding carboxylic acids is 1. The van der Waals surface area contributed by atoms with Crippen LogP contribution in [0.15, 0.2) is 54.7 Å². The Morgan fingerprint density at radius 2 is 1.96 bits per heavy atom. The van der Waals surface area contributed by atoms with Gasteiger partial charge < -0.3 is 15.8 Å². The van der Waals surface area contributed by atoms with Gasteiger partial charge in [-0.15, -0.1) is 0 Å². The first-order valence-corrected chi connectivity index (χ1v) is 7.86. The fourth-order valence-electron chi connectivity index (χ4n) is 2.44. The molecule has 0 aliphatic rings. The molecule has 0 aliphatic carbocycles. The zero-order valence-corrected chi connectivity index (χ0v) is 13.5. The van der Waals surface area contributed by atoms with Gasteiger partial charge in [-0.3, -0.25) is 9.78 Å². The molecule has 0 saturated carbocycles. The number of anilines is 2. The number of ether oxygens (including phenoxy) is 1. The molecule has 2 aromatic carbocycles. The van der Waals surface area contributed by atoms with Gasteiger partial charge in [0.1, 0.15) is 11.3 Å². The number of nitrogens with zero attached hydrogens (tertiary/aromatic N) is 1. The lowest BCUT2D eigenvalue weighted by Crippen LogP contribution is -2.13. The van der Waals surface area contributed by atoms with Crippen LogP contribution in [0.25, 0.3) is 10.9 Å². The summed E-state index contributed by atoms with van der Waals surface area (Å²) in [6.07, 6.45) is 2.61. The van der Waals surface area contributed by atoms with Crippen LogP contribution in [0.3, 0.4) is 0 Å². The Morgan fingerprint density at radius 1 is 1.17 bits per heavy atom. The van der Waals surface area contributed by atoms with E-state index in [1.165, 1.54) is 0 Å². The van der Waals surface area contributed by atoms with E-state index in [9.17, 15) is 4.79 Å². The topological polar surface area (TPSA) is 77.2 Å². The number of fused-ring (bicyclic) bond motifs is 1. The van der Waals surface area contributed by atoms with Crippen LogP contribution >= 0.6 is 0 Å². The quantitative estimate of drug-likeness (QED) is 0.700. The third kappa shape index (κ3) is 3.30. The first-order valence-electron chi connectivity index (χ1n) is 7.86. The van der Waals surface area contributed by atoms with Gasteiger partial charge in [-0.2, -0.15) is 0 Å². The summed E-state index contributed by atoms with van der Waals surface area (Å²) in [7, 11) is 0. The van der Waals surface area contributed by atoms with E-state index < -0.39 is 0 Å². The highest BCUT2D eigenvalue weighted by Crippen LogP contribution is 2.27. The van der Waals surface area contributed by atoms with E-state index in [1.54, 1.807) is 42.6 Å². The highest BCUT2D eigenvalue weighted by atomic mass is 16.5. The van der Waals surface area contributed by atoms with Crippen LogP contribution in [0, 0.1) is 0 Å². The van der Waals surface area contributed by atoms with Crippen LogP contribution in [0.1, 0.15) is 23.7 Å². The molecule has 0 saturated heterocycles. The van der Waals surface area contributed by atoms with Crippen molar-refractivity contribution in [3.05, 3.63) is 60.3 Å². The molecule has 3 aromatic rings. The maximum Gasteiger partial charge on any atom is 0.256 e. The fraction of sp³-hybridized carbons (Fsp3) is 0.158. The van der Waals surface area contributed by atoms with Crippen molar-refractivity contribution in [3.8, 4) is 5.75 Å². The first-order chi connectivity index (χ1) is 11.7. The number of benzene rings is 2.